The lowest BCUT2D eigenvalue weighted by molar-refractivity contribution is 0.0946. The van der Waals surface area contributed by atoms with Gasteiger partial charge in [-0.3, -0.25) is 4.79 Å². The van der Waals surface area contributed by atoms with Gasteiger partial charge >= 0.3 is 0 Å². The van der Waals surface area contributed by atoms with Crippen LogP contribution in [0.5, 0.6) is 0 Å². The number of aromatic amines is 1. The molecule has 0 spiro atoms. The number of aryl methyl sites for hydroxylation is 2. The van der Waals surface area contributed by atoms with Crippen molar-refractivity contribution in [2.24, 2.45) is 0 Å². The van der Waals surface area contributed by atoms with Crippen LogP contribution in [0, 0.1) is 19.7 Å². The van der Waals surface area contributed by atoms with Crippen LogP contribution in [0.4, 0.5) is 4.39 Å². The average molecular weight is 578 g/mol. The summed E-state index contributed by atoms with van der Waals surface area (Å²) in [7, 11) is -8.04. The quantitative estimate of drug-likeness (QED) is 0.252. The average Bonchev–Trinajstić information content (AvgIpc) is 3.22. The van der Waals surface area contributed by atoms with Crippen molar-refractivity contribution in [3.05, 3.63) is 88.3 Å². The van der Waals surface area contributed by atoms with Gasteiger partial charge in [0, 0.05) is 29.0 Å². The summed E-state index contributed by atoms with van der Waals surface area (Å²) in [6, 6.07) is 14.2. The van der Waals surface area contributed by atoms with Crippen molar-refractivity contribution in [1.29, 1.82) is 0 Å². The third kappa shape index (κ3) is 5.91. The molecule has 4 aromatic rings. The van der Waals surface area contributed by atoms with Gasteiger partial charge in [-0.15, -0.1) is 0 Å². The van der Waals surface area contributed by atoms with E-state index in [9.17, 15) is 26.0 Å². The van der Waals surface area contributed by atoms with E-state index in [1.54, 1.807) is 26.0 Å². The standard InChI is InChI=1S/C26H25ClFN3O5S2/c1-16-11-17(2)13-21(12-16)37(33,34)25-22-14-18(27)7-8-23(22)31-24(25)26(32)29-9-4-10-30-38(35,36)20-6-3-5-19(28)15-20/h3,5-8,11-15,30-31H,4,9-10H2,1-2H3,(H,29,32). The monoisotopic (exact) mass is 577 g/mol. The number of halogens is 2. The summed E-state index contributed by atoms with van der Waals surface area (Å²) >= 11 is 6.15. The fraction of sp³-hybridized carbons (Fsp3) is 0.192. The first-order valence-corrected chi connectivity index (χ1v) is 14.9. The molecule has 1 amide bonds. The van der Waals surface area contributed by atoms with Gasteiger partial charge in [-0.2, -0.15) is 0 Å². The van der Waals surface area contributed by atoms with E-state index in [2.05, 4.69) is 15.0 Å². The van der Waals surface area contributed by atoms with Crippen molar-refractivity contribution in [2.75, 3.05) is 13.1 Å². The molecule has 3 aromatic carbocycles. The molecule has 3 N–H and O–H groups in total. The Balaban J connectivity index is 1.55. The number of fused-ring (bicyclic) bond motifs is 1. The largest absolute Gasteiger partial charge is 0.351 e. The van der Waals surface area contributed by atoms with Crippen molar-refractivity contribution in [3.8, 4) is 0 Å². The molecule has 1 heterocycles. The second-order valence-electron chi connectivity index (χ2n) is 8.81. The minimum absolute atomic E-state index is 0.0326. The molecule has 0 aliphatic heterocycles. The second-order valence-corrected chi connectivity index (χ2v) is 12.9. The van der Waals surface area contributed by atoms with E-state index in [0.717, 1.165) is 23.3 Å². The number of carbonyl (C=O) groups excluding carboxylic acids is 1. The first-order valence-electron chi connectivity index (χ1n) is 11.6. The van der Waals surface area contributed by atoms with E-state index in [1.165, 1.54) is 30.3 Å². The molecule has 0 unspecified atom stereocenters. The highest BCUT2D eigenvalue weighted by Crippen LogP contribution is 2.34. The van der Waals surface area contributed by atoms with E-state index in [0.29, 0.717) is 10.5 Å². The van der Waals surface area contributed by atoms with Crippen LogP contribution >= 0.6 is 11.6 Å². The summed E-state index contributed by atoms with van der Waals surface area (Å²) in [5.74, 6) is -1.35. The fourth-order valence-corrected chi connectivity index (χ4v) is 7.15. The van der Waals surface area contributed by atoms with E-state index in [1.807, 2.05) is 6.07 Å². The lowest BCUT2D eigenvalue weighted by Gasteiger charge is -2.10. The van der Waals surface area contributed by atoms with Gasteiger partial charge in [-0.1, -0.05) is 23.7 Å². The van der Waals surface area contributed by atoms with E-state index < -0.39 is 31.6 Å². The number of amides is 1. The van der Waals surface area contributed by atoms with Gasteiger partial charge in [0.15, 0.2) is 0 Å². The molecule has 1 aromatic heterocycles. The third-order valence-corrected chi connectivity index (χ3v) is 9.26. The Hall–Kier alpha value is -3.25. The molecular formula is C26H25ClFN3O5S2. The summed E-state index contributed by atoms with van der Waals surface area (Å²) in [5.41, 5.74) is 1.79. The van der Waals surface area contributed by atoms with Gasteiger partial charge in [-0.25, -0.2) is 25.9 Å². The highest BCUT2D eigenvalue weighted by molar-refractivity contribution is 7.91. The highest BCUT2D eigenvalue weighted by Gasteiger charge is 2.30. The minimum Gasteiger partial charge on any atom is -0.351 e. The molecule has 0 aliphatic rings. The minimum atomic E-state index is -4.12. The van der Waals surface area contributed by atoms with Crippen LogP contribution in [0.25, 0.3) is 10.9 Å². The number of benzene rings is 3. The maximum atomic E-state index is 13.7. The SMILES string of the molecule is Cc1cc(C)cc(S(=O)(=O)c2c(C(=O)NCCCNS(=O)(=O)c3cccc(F)c3)[nH]c3ccc(Cl)cc23)c1. The number of sulfone groups is 1. The number of H-pyrrole nitrogens is 1. The molecule has 4 rings (SSSR count). The van der Waals surface area contributed by atoms with Crippen molar-refractivity contribution in [2.45, 2.75) is 35.0 Å². The van der Waals surface area contributed by atoms with Crippen molar-refractivity contribution < 1.29 is 26.0 Å². The second kappa shape index (κ2) is 10.9. The van der Waals surface area contributed by atoms with E-state index >= 15 is 0 Å². The molecule has 200 valence electrons. The topological polar surface area (TPSA) is 125 Å². The molecule has 0 fully saturated rings. The first kappa shape index (κ1) is 27.8. The molecule has 38 heavy (non-hydrogen) atoms. The molecule has 0 bridgehead atoms. The molecule has 0 aliphatic carbocycles. The maximum Gasteiger partial charge on any atom is 0.269 e. The Morgan fingerprint density at radius 2 is 1.63 bits per heavy atom. The molecule has 12 heteroatoms. The van der Waals surface area contributed by atoms with Crippen molar-refractivity contribution >= 4 is 48.3 Å². The van der Waals surface area contributed by atoms with Crippen LogP contribution in [-0.4, -0.2) is 40.8 Å². The third-order valence-electron chi connectivity index (χ3n) is 5.75. The number of hydrogen-bond acceptors (Lipinski definition) is 5. The Kier molecular flexibility index (Phi) is 7.93. The summed E-state index contributed by atoms with van der Waals surface area (Å²) in [6.07, 6.45) is 0.200. The van der Waals surface area contributed by atoms with E-state index in [4.69, 9.17) is 11.6 Å². The van der Waals surface area contributed by atoms with Crippen molar-refractivity contribution in [1.82, 2.24) is 15.0 Å². The summed E-state index contributed by atoms with van der Waals surface area (Å²) in [4.78, 5) is 15.7. The van der Waals surface area contributed by atoms with Gasteiger partial charge in [-0.05, 0) is 79.9 Å². The number of aromatic nitrogens is 1. The molecule has 0 saturated carbocycles. The number of nitrogens with one attached hydrogen (secondary N) is 3. The number of sulfonamides is 1. The number of carbonyl (C=O) groups is 1. The normalized spacial score (nSPS) is 12.1. The zero-order chi connectivity index (χ0) is 27.7. The van der Waals surface area contributed by atoms with Crippen LogP contribution in [-0.2, 0) is 19.9 Å². The molecule has 0 saturated heterocycles. The highest BCUT2D eigenvalue weighted by atomic mass is 35.5. The molecule has 0 radical (unpaired) electrons. The van der Waals surface area contributed by atoms with Gasteiger partial charge < -0.3 is 10.3 Å². The van der Waals surface area contributed by atoms with Gasteiger partial charge in [0.05, 0.1) is 9.79 Å². The van der Waals surface area contributed by atoms with Crippen LogP contribution in [0.1, 0.15) is 28.0 Å². The van der Waals surface area contributed by atoms with Crippen LogP contribution in [0.3, 0.4) is 0 Å². The molecule has 8 nitrogen and oxygen atoms in total. The summed E-state index contributed by atoms with van der Waals surface area (Å²) in [6.45, 7) is 3.58. The Labute approximate surface area is 225 Å². The van der Waals surface area contributed by atoms with Gasteiger partial charge in [0.25, 0.3) is 5.91 Å². The van der Waals surface area contributed by atoms with Gasteiger partial charge in [0.1, 0.15) is 16.4 Å². The smallest absolute Gasteiger partial charge is 0.269 e. The maximum absolute atomic E-state index is 13.7. The van der Waals surface area contributed by atoms with E-state index in [-0.39, 0.29) is 45.3 Å². The lowest BCUT2D eigenvalue weighted by atomic mass is 10.2. The summed E-state index contributed by atoms with van der Waals surface area (Å²) < 4.78 is 67.8. The van der Waals surface area contributed by atoms with Crippen molar-refractivity contribution in [3.63, 3.8) is 0 Å². The number of hydrogen-bond donors (Lipinski definition) is 3. The number of rotatable bonds is 9. The predicted octanol–water partition coefficient (Wildman–Crippen LogP) is 4.51. The van der Waals surface area contributed by atoms with Crippen LogP contribution in [0.2, 0.25) is 5.02 Å². The van der Waals surface area contributed by atoms with Crippen LogP contribution < -0.4 is 10.0 Å². The predicted molar refractivity (Wildman–Crippen MR) is 143 cm³/mol. The Bertz CT molecular complexity index is 1730. The summed E-state index contributed by atoms with van der Waals surface area (Å²) in [5, 5.41) is 3.23. The lowest BCUT2D eigenvalue weighted by Crippen LogP contribution is -2.30. The fourth-order valence-electron chi connectivity index (χ4n) is 4.09. The Morgan fingerprint density at radius 1 is 0.921 bits per heavy atom. The molecule has 0 atom stereocenters. The van der Waals surface area contributed by atoms with Crippen LogP contribution in [0.15, 0.2) is 75.4 Å². The Morgan fingerprint density at radius 3 is 2.32 bits per heavy atom. The first-order chi connectivity index (χ1) is 17.9. The molecular weight excluding hydrogens is 553 g/mol. The zero-order valence-electron chi connectivity index (χ0n) is 20.5. The zero-order valence-corrected chi connectivity index (χ0v) is 22.9. The van der Waals surface area contributed by atoms with Gasteiger partial charge in [0.2, 0.25) is 19.9 Å².